The van der Waals surface area contributed by atoms with Crippen LogP contribution in [0.2, 0.25) is 0 Å². The fraction of sp³-hybridized carbons (Fsp3) is 0.308. The van der Waals surface area contributed by atoms with Crippen LogP contribution in [0.1, 0.15) is 30.6 Å². The summed E-state index contributed by atoms with van der Waals surface area (Å²) in [6.45, 7) is 4.00. The van der Waals surface area contributed by atoms with Crippen LogP contribution in [0.25, 0.3) is 0 Å². The standard InChI is InChI=1S/C13H15FIN3/c1-3-11(9-4-6-10(14)7-5-9)18-13(16)12(15)8(2)17-18/h4-7,11H,3,16H2,1-2H3. The van der Waals surface area contributed by atoms with Crippen LogP contribution in [0.3, 0.4) is 0 Å². The van der Waals surface area contributed by atoms with E-state index in [1.165, 1.54) is 12.1 Å². The third kappa shape index (κ3) is 2.36. The van der Waals surface area contributed by atoms with Gasteiger partial charge in [-0.15, -0.1) is 0 Å². The maximum Gasteiger partial charge on any atom is 0.136 e. The van der Waals surface area contributed by atoms with Crippen LogP contribution in [0, 0.1) is 16.3 Å². The molecule has 18 heavy (non-hydrogen) atoms. The van der Waals surface area contributed by atoms with Gasteiger partial charge in [0, 0.05) is 0 Å². The lowest BCUT2D eigenvalue weighted by atomic mass is 10.0. The van der Waals surface area contributed by atoms with E-state index in [-0.39, 0.29) is 11.9 Å². The van der Waals surface area contributed by atoms with Crippen molar-refractivity contribution in [3.8, 4) is 0 Å². The van der Waals surface area contributed by atoms with Crippen molar-refractivity contribution in [3.05, 3.63) is 44.9 Å². The Morgan fingerprint density at radius 2 is 2.00 bits per heavy atom. The largest absolute Gasteiger partial charge is 0.383 e. The summed E-state index contributed by atoms with van der Waals surface area (Å²) < 4.78 is 15.8. The first kappa shape index (κ1) is 13.3. The first-order valence-corrected chi connectivity index (χ1v) is 6.88. The zero-order valence-corrected chi connectivity index (χ0v) is 12.5. The van der Waals surface area contributed by atoms with Gasteiger partial charge in [-0.2, -0.15) is 5.10 Å². The van der Waals surface area contributed by atoms with E-state index in [1.807, 2.05) is 11.6 Å². The lowest BCUT2D eigenvalue weighted by molar-refractivity contribution is 0.512. The summed E-state index contributed by atoms with van der Waals surface area (Å²) in [5.74, 6) is 0.442. The fourth-order valence-electron chi connectivity index (χ4n) is 2.02. The summed E-state index contributed by atoms with van der Waals surface area (Å²) in [5.41, 5.74) is 8.01. The van der Waals surface area contributed by atoms with Gasteiger partial charge in [0.2, 0.25) is 0 Å². The van der Waals surface area contributed by atoms with E-state index in [9.17, 15) is 4.39 Å². The highest BCUT2D eigenvalue weighted by Crippen LogP contribution is 2.28. The van der Waals surface area contributed by atoms with E-state index in [0.717, 1.165) is 21.2 Å². The Morgan fingerprint density at radius 3 is 2.44 bits per heavy atom. The third-order valence-corrected chi connectivity index (χ3v) is 4.32. The Hall–Kier alpha value is -1.11. The maximum absolute atomic E-state index is 13.0. The molecule has 0 radical (unpaired) electrons. The highest BCUT2D eigenvalue weighted by Gasteiger charge is 2.18. The van der Waals surface area contributed by atoms with Gasteiger partial charge < -0.3 is 5.73 Å². The number of halogens is 2. The number of aryl methyl sites for hydroxylation is 1. The summed E-state index contributed by atoms with van der Waals surface area (Å²) in [7, 11) is 0. The van der Waals surface area contributed by atoms with E-state index in [2.05, 4.69) is 34.6 Å². The minimum absolute atomic E-state index is 0.0489. The summed E-state index contributed by atoms with van der Waals surface area (Å²) in [5, 5.41) is 4.47. The predicted octanol–water partition coefficient (Wildman–Crippen LogP) is 3.52. The normalized spacial score (nSPS) is 12.7. The number of anilines is 1. The molecule has 1 heterocycles. The quantitative estimate of drug-likeness (QED) is 0.853. The summed E-state index contributed by atoms with van der Waals surface area (Å²) in [6, 6.07) is 6.55. The predicted molar refractivity (Wildman–Crippen MR) is 78.9 cm³/mol. The van der Waals surface area contributed by atoms with Gasteiger partial charge in [0.15, 0.2) is 0 Å². The minimum atomic E-state index is -0.229. The molecule has 1 unspecified atom stereocenters. The van der Waals surface area contributed by atoms with Crippen molar-refractivity contribution >= 4 is 28.4 Å². The Balaban J connectivity index is 2.45. The lowest BCUT2D eigenvalue weighted by Crippen LogP contribution is -2.14. The van der Waals surface area contributed by atoms with Crippen LogP contribution in [-0.2, 0) is 0 Å². The molecule has 1 aromatic carbocycles. The maximum atomic E-state index is 13.0. The molecule has 96 valence electrons. The first-order valence-electron chi connectivity index (χ1n) is 5.80. The van der Waals surface area contributed by atoms with Gasteiger partial charge in [0.05, 0.1) is 15.3 Å². The summed E-state index contributed by atoms with van der Waals surface area (Å²) in [6.07, 6.45) is 0.854. The molecular formula is C13H15FIN3. The molecule has 2 rings (SSSR count). The molecule has 0 bridgehead atoms. The second kappa shape index (κ2) is 5.26. The van der Waals surface area contributed by atoms with Crippen molar-refractivity contribution in [2.75, 3.05) is 5.73 Å². The third-order valence-electron chi connectivity index (χ3n) is 2.98. The Labute approximate surface area is 119 Å². The minimum Gasteiger partial charge on any atom is -0.383 e. The van der Waals surface area contributed by atoms with Crippen molar-refractivity contribution in [3.63, 3.8) is 0 Å². The zero-order valence-electron chi connectivity index (χ0n) is 10.3. The van der Waals surface area contributed by atoms with Gasteiger partial charge in [0.25, 0.3) is 0 Å². The molecule has 0 aliphatic carbocycles. The molecule has 0 saturated heterocycles. The SMILES string of the molecule is CCC(c1ccc(F)cc1)n1nc(C)c(I)c1N. The molecule has 0 aliphatic heterocycles. The van der Waals surface area contributed by atoms with Gasteiger partial charge >= 0.3 is 0 Å². The number of benzene rings is 1. The highest BCUT2D eigenvalue weighted by atomic mass is 127. The van der Waals surface area contributed by atoms with E-state index in [0.29, 0.717) is 5.82 Å². The molecule has 5 heteroatoms. The van der Waals surface area contributed by atoms with Crippen molar-refractivity contribution in [1.82, 2.24) is 9.78 Å². The molecule has 0 saturated carbocycles. The lowest BCUT2D eigenvalue weighted by Gasteiger charge is -2.17. The van der Waals surface area contributed by atoms with E-state index in [4.69, 9.17) is 5.73 Å². The highest BCUT2D eigenvalue weighted by molar-refractivity contribution is 14.1. The van der Waals surface area contributed by atoms with Crippen LogP contribution < -0.4 is 5.73 Å². The molecule has 0 aliphatic rings. The Kier molecular flexibility index (Phi) is 3.89. The van der Waals surface area contributed by atoms with Crippen LogP contribution in [-0.4, -0.2) is 9.78 Å². The Morgan fingerprint density at radius 1 is 1.39 bits per heavy atom. The number of rotatable bonds is 3. The molecule has 0 amide bonds. The second-order valence-corrected chi connectivity index (χ2v) is 5.28. The van der Waals surface area contributed by atoms with Crippen molar-refractivity contribution in [2.24, 2.45) is 0 Å². The average Bonchev–Trinajstić information content (AvgIpc) is 2.61. The van der Waals surface area contributed by atoms with Gasteiger partial charge in [-0.3, -0.25) is 0 Å². The number of hydrogen-bond donors (Lipinski definition) is 1. The number of nitrogens with two attached hydrogens (primary N) is 1. The molecule has 2 aromatic rings. The van der Waals surface area contributed by atoms with E-state index >= 15 is 0 Å². The molecule has 1 aromatic heterocycles. The zero-order chi connectivity index (χ0) is 13.3. The van der Waals surface area contributed by atoms with Gasteiger partial charge in [-0.05, 0) is 53.6 Å². The number of aromatic nitrogens is 2. The molecule has 2 N–H and O–H groups in total. The van der Waals surface area contributed by atoms with Crippen LogP contribution in [0.5, 0.6) is 0 Å². The van der Waals surface area contributed by atoms with Crippen molar-refractivity contribution in [2.45, 2.75) is 26.3 Å². The fourth-order valence-corrected chi connectivity index (χ4v) is 2.37. The molecule has 0 spiro atoms. The number of nitrogen functional groups attached to an aromatic ring is 1. The number of hydrogen-bond acceptors (Lipinski definition) is 2. The van der Waals surface area contributed by atoms with Crippen LogP contribution >= 0.6 is 22.6 Å². The van der Waals surface area contributed by atoms with Gasteiger partial charge in [-0.25, -0.2) is 9.07 Å². The average molecular weight is 359 g/mol. The van der Waals surface area contributed by atoms with Gasteiger partial charge in [0.1, 0.15) is 11.6 Å². The van der Waals surface area contributed by atoms with E-state index < -0.39 is 0 Å². The van der Waals surface area contributed by atoms with E-state index in [1.54, 1.807) is 12.1 Å². The monoisotopic (exact) mass is 359 g/mol. The smallest absolute Gasteiger partial charge is 0.136 e. The van der Waals surface area contributed by atoms with Crippen LogP contribution in [0.4, 0.5) is 10.2 Å². The Bertz CT molecular complexity index is 548. The van der Waals surface area contributed by atoms with Gasteiger partial charge in [-0.1, -0.05) is 19.1 Å². The second-order valence-electron chi connectivity index (χ2n) is 4.20. The summed E-state index contributed by atoms with van der Waals surface area (Å²) >= 11 is 2.20. The summed E-state index contributed by atoms with van der Waals surface area (Å²) in [4.78, 5) is 0. The first-order chi connectivity index (χ1) is 8.54. The molecular weight excluding hydrogens is 344 g/mol. The topological polar surface area (TPSA) is 43.8 Å². The van der Waals surface area contributed by atoms with Crippen molar-refractivity contribution < 1.29 is 4.39 Å². The van der Waals surface area contributed by atoms with Crippen LogP contribution in [0.15, 0.2) is 24.3 Å². The molecule has 0 fully saturated rings. The number of nitrogens with zero attached hydrogens (tertiary/aromatic N) is 2. The molecule has 3 nitrogen and oxygen atoms in total. The van der Waals surface area contributed by atoms with Crippen molar-refractivity contribution in [1.29, 1.82) is 0 Å². The molecule has 1 atom stereocenters.